The number of carboxylic acids is 1. The van der Waals surface area contributed by atoms with E-state index >= 15 is 0 Å². The minimum atomic E-state index is -1.47. The zero-order valence-corrected chi connectivity index (χ0v) is 10.3. The monoisotopic (exact) mass is 286 g/mol. The number of benzene rings is 1. The van der Waals surface area contributed by atoms with Crippen molar-refractivity contribution in [2.45, 2.75) is 12.5 Å². The molecule has 0 spiro atoms. The zero-order valence-electron chi connectivity index (χ0n) is 9.59. The summed E-state index contributed by atoms with van der Waals surface area (Å²) >= 11 is 5.66. The Labute approximate surface area is 113 Å². The largest absolute Gasteiger partial charge is 0.507 e. The number of rotatable bonds is 5. The SMILES string of the molecule is NC(=O)C[C@@H](NC(=O)c1cc(Cl)ccc1O)C(=O)O. The summed E-state index contributed by atoms with van der Waals surface area (Å²) in [5.41, 5.74) is 4.68. The minimum Gasteiger partial charge on any atom is -0.507 e. The first kappa shape index (κ1) is 14.8. The average Bonchev–Trinajstić information content (AvgIpc) is 2.30. The van der Waals surface area contributed by atoms with E-state index in [0.717, 1.165) is 0 Å². The van der Waals surface area contributed by atoms with Crippen molar-refractivity contribution < 1.29 is 24.6 Å². The second kappa shape index (κ2) is 6.05. The van der Waals surface area contributed by atoms with Crippen LogP contribution >= 0.6 is 11.6 Å². The van der Waals surface area contributed by atoms with Crippen molar-refractivity contribution in [1.82, 2.24) is 5.32 Å². The lowest BCUT2D eigenvalue weighted by Crippen LogP contribution is -2.43. The molecule has 0 radical (unpaired) electrons. The Hall–Kier alpha value is -2.28. The summed E-state index contributed by atoms with van der Waals surface area (Å²) in [5, 5.41) is 20.6. The standard InChI is InChI=1S/C11H11ClN2O5/c12-5-1-2-8(15)6(3-5)10(17)14-7(11(18)19)4-9(13)16/h1-3,7,15H,4H2,(H2,13,16)(H,14,17)(H,18,19)/t7-/m1/s1. The summed E-state index contributed by atoms with van der Waals surface area (Å²) in [6.07, 6.45) is -0.553. The number of aliphatic carboxylic acids is 1. The number of phenols is 1. The fraction of sp³-hybridized carbons (Fsp3) is 0.182. The highest BCUT2D eigenvalue weighted by Gasteiger charge is 2.24. The van der Waals surface area contributed by atoms with Crippen molar-refractivity contribution >= 4 is 29.4 Å². The van der Waals surface area contributed by atoms with E-state index in [4.69, 9.17) is 22.4 Å². The molecule has 8 heteroatoms. The summed E-state index contributed by atoms with van der Waals surface area (Å²) in [7, 11) is 0. The lowest BCUT2D eigenvalue weighted by Gasteiger charge is -2.13. The number of halogens is 1. The molecule has 0 aliphatic heterocycles. The molecule has 0 heterocycles. The van der Waals surface area contributed by atoms with Crippen LogP contribution in [0.3, 0.4) is 0 Å². The van der Waals surface area contributed by atoms with Crippen molar-refractivity contribution in [3.63, 3.8) is 0 Å². The number of hydrogen-bond donors (Lipinski definition) is 4. The first-order chi connectivity index (χ1) is 8.81. The molecule has 19 heavy (non-hydrogen) atoms. The van der Waals surface area contributed by atoms with Crippen molar-refractivity contribution in [3.05, 3.63) is 28.8 Å². The van der Waals surface area contributed by atoms with E-state index in [0.29, 0.717) is 0 Å². The fourth-order valence-electron chi connectivity index (χ4n) is 1.33. The molecule has 102 valence electrons. The topological polar surface area (TPSA) is 130 Å². The normalized spacial score (nSPS) is 11.6. The molecule has 1 rings (SSSR count). The van der Waals surface area contributed by atoms with Crippen LogP contribution in [0.1, 0.15) is 16.8 Å². The van der Waals surface area contributed by atoms with Crippen LogP contribution in [0.25, 0.3) is 0 Å². The molecule has 0 saturated carbocycles. The second-order valence-corrected chi connectivity index (χ2v) is 4.13. The van der Waals surface area contributed by atoms with Crippen LogP contribution < -0.4 is 11.1 Å². The highest BCUT2D eigenvalue weighted by atomic mass is 35.5. The maximum atomic E-state index is 11.8. The summed E-state index contributed by atoms with van der Waals surface area (Å²) in [6.45, 7) is 0. The first-order valence-electron chi connectivity index (χ1n) is 5.11. The highest BCUT2D eigenvalue weighted by molar-refractivity contribution is 6.31. The van der Waals surface area contributed by atoms with Gasteiger partial charge in [-0.1, -0.05) is 11.6 Å². The van der Waals surface area contributed by atoms with Crippen LogP contribution in [0, 0.1) is 0 Å². The number of phenolic OH excluding ortho intramolecular Hbond substituents is 1. The van der Waals surface area contributed by atoms with Crippen LogP contribution in [-0.2, 0) is 9.59 Å². The van der Waals surface area contributed by atoms with E-state index in [1.807, 2.05) is 0 Å². The molecule has 5 N–H and O–H groups in total. The van der Waals surface area contributed by atoms with Gasteiger partial charge in [-0.05, 0) is 18.2 Å². The van der Waals surface area contributed by atoms with E-state index in [9.17, 15) is 19.5 Å². The molecule has 0 saturated heterocycles. The van der Waals surface area contributed by atoms with E-state index in [1.54, 1.807) is 0 Å². The van der Waals surface area contributed by atoms with Crippen LogP contribution in [0.5, 0.6) is 5.75 Å². The average molecular weight is 287 g/mol. The van der Waals surface area contributed by atoms with Gasteiger partial charge in [-0.2, -0.15) is 0 Å². The first-order valence-corrected chi connectivity index (χ1v) is 5.49. The molecule has 0 fully saturated rings. The highest BCUT2D eigenvalue weighted by Crippen LogP contribution is 2.21. The van der Waals surface area contributed by atoms with Crippen LogP contribution in [0.4, 0.5) is 0 Å². The molecule has 1 aromatic carbocycles. The number of primary amides is 1. The Morgan fingerprint density at radius 3 is 2.53 bits per heavy atom. The van der Waals surface area contributed by atoms with Crippen molar-refractivity contribution in [2.75, 3.05) is 0 Å². The van der Waals surface area contributed by atoms with Crippen LogP contribution in [0.15, 0.2) is 18.2 Å². The van der Waals surface area contributed by atoms with Gasteiger partial charge in [-0.3, -0.25) is 9.59 Å². The summed E-state index contributed by atoms with van der Waals surface area (Å²) in [5.74, 6) is -3.50. The third kappa shape index (κ3) is 4.14. The smallest absolute Gasteiger partial charge is 0.326 e. The number of aromatic hydroxyl groups is 1. The van der Waals surface area contributed by atoms with Gasteiger partial charge in [0.25, 0.3) is 5.91 Å². The maximum Gasteiger partial charge on any atom is 0.326 e. The molecular formula is C11H11ClN2O5. The predicted octanol–water partition coefficient (Wildman–Crippen LogP) is 0.104. The lowest BCUT2D eigenvalue weighted by molar-refractivity contribution is -0.140. The molecule has 2 amide bonds. The minimum absolute atomic E-state index is 0.191. The van der Waals surface area contributed by atoms with Crippen molar-refractivity contribution in [2.24, 2.45) is 5.73 Å². The third-order valence-corrected chi connectivity index (χ3v) is 2.45. The number of hydrogen-bond acceptors (Lipinski definition) is 4. The number of nitrogens with one attached hydrogen (secondary N) is 1. The number of carboxylic acid groups (broad SMARTS) is 1. The Morgan fingerprint density at radius 2 is 2.00 bits per heavy atom. The van der Waals surface area contributed by atoms with Gasteiger partial charge < -0.3 is 21.3 Å². The molecule has 0 aliphatic carbocycles. The van der Waals surface area contributed by atoms with Gasteiger partial charge in [0.1, 0.15) is 11.8 Å². The number of carbonyl (C=O) groups is 3. The fourth-order valence-corrected chi connectivity index (χ4v) is 1.50. The molecule has 0 aliphatic rings. The quantitative estimate of drug-likeness (QED) is 0.610. The van der Waals surface area contributed by atoms with E-state index in [-0.39, 0.29) is 16.3 Å². The number of nitrogens with two attached hydrogens (primary N) is 1. The Balaban J connectivity index is 2.90. The predicted molar refractivity (Wildman–Crippen MR) is 65.8 cm³/mol. The van der Waals surface area contributed by atoms with Crippen LogP contribution in [0.2, 0.25) is 5.02 Å². The number of amides is 2. The molecule has 1 aromatic rings. The second-order valence-electron chi connectivity index (χ2n) is 3.70. The Morgan fingerprint density at radius 1 is 1.37 bits per heavy atom. The number of carbonyl (C=O) groups excluding carboxylic acids is 2. The van der Waals surface area contributed by atoms with E-state index in [2.05, 4.69) is 5.32 Å². The van der Waals surface area contributed by atoms with E-state index < -0.39 is 30.2 Å². The van der Waals surface area contributed by atoms with E-state index in [1.165, 1.54) is 18.2 Å². The molecule has 7 nitrogen and oxygen atoms in total. The van der Waals surface area contributed by atoms with Gasteiger partial charge in [0.15, 0.2) is 0 Å². The summed E-state index contributed by atoms with van der Waals surface area (Å²) in [6, 6.07) is 2.27. The maximum absolute atomic E-state index is 11.8. The van der Waals surface area contributed by atoms with Crippen molar-refractivity contribution in [1.29, 1.82) is 0 Å². The Kier molecular flexibility index (Phi) is 4.71. The van der Waals surface area contributed by atoms with Gasteiger partial charge in [-0.15, -0.1) is 0 Å². The molecule has 0 bridgehead atoms. The Bertz CT molecular complexity index is 532. The molecule has 0 unspecified atom stereocenters. The molecule has 0 aromatic heterocycles. The summed E-state index contributed by atoms with van der Waals surface area (Å²) in [4.78, 5) is 33.3. The van der Waals surface area contributed by atoms with Gasteiger partial charge in [-0.25, -0.2) is 4.79 Å². The van der Waals surface area contributed by atoms with Gasteiger partial charge >= 0.3 is 5.97 Å². The summed E-state index contributed by atoms with van der Waals surface area (Å²) < 4.78 is 0. The zero-order chi connectivity index (χ0) is 14.6. The molecule has 1 atom stereocenters. The van der Waals surface area contributed by atoms with Crippen molar-refractivity contribution in [3.8, 4) is 5.75 Å². The van der Waals surface area contributed by atoms with Gasteiger partial charge in [0.05, 0.1) is 12.0 Å². The van der Waals surface area contributed by atoms with Crippen LogP contribution in [-0.4, -0.2) is 34.0 Å². The van der Waals surface area contributed by atoms with Gasteiger partial charge in [0.2, 0.25) is 5.91 Å². The molecular weight excluding hydrogens is 276 g/mol. The third-order valence-electron chi connectivity index (χ3n) is 2.21. The van der Waals surface area contributed by atoms with Gasteiger partial charge in [0, 0.05) is 5.02 Å². The lowest BCUT2D eigenvalue weighted by atomic mass is 10.1.